The Morgan fingerprint density at radius 3 is 2.60 bits per heavy atom. The maximum atomic E-state index is 12.0. The molecule has 0 radical (unpaired) electrons. The number of carboxylic acids is 1. The molecule has 2 rings (SSSR count). The van der Waals surface area contributed by atoms with Gasteiger partial charge in [-0.2, -0.15) is 0 Å². The lowest BCUT2D eigenvalue weighted by atomic mass is 9.87. The Kier molecular flexibility index (Phi) is 4.55. The number of nitrogens with one attached hydrogen (secondary N) is 1. The number of thiophene rings is 1. The SMILES string of the molecule is CC(NC(=O)N1CC(C(C)C(=O)O)C1)c1ccc(Cl)s1. The fourth-order valence-electron chi connectivity index (χ4n) is 2.10. The maximum Gasteiger partial charge on any atom is 0.317 e. The second kappa shape index (κ2) is 6.01. The molecular formula is C13H17ClN2O3S. The number of hydrogen-bond acceptors (Lipinski definition) is 3. The normalized spacial score (nSPS) is 18.2. The van der Waals surface area contributed by atoms with E-state index in [1.165, 1.54) is 11.3 Å². The fraction of sp³-hybridized carbons (Fsp3) is 0.538. The molecule has 2 amide bonds. The van der Waals surface area contributed by atoms with Crippen LogP contribution in [0.25, 0.3) is 0 Å². The summed E-state index contributed by atoms with van der Waals surface area (Å²) in [6.45, 7) is 4.57. The molecule has 1 aliphatic rings. The van der Waals surface area contributed by atoms with Gasteiger partial charge < -0.3 is 15.3 Å². The third-order valence-corrected chi connectivity index (χ3v) is 5.07. The van der Waals surface area contributed by atoms with E-state index < -0.39 is 11.9 Å². The molecule has 2 N–H and O–H groups in total. The molecule has 5 nitrogen and oxygen atoms in total. The Bertz CT molecular complexity index is 513. The number of carbonyl (C=O) groups excluding carboxylic acids is 1. The Labute approximate surface area is 126 Å². The van der Waals surface area contributed by atoms with Gasteiger partial charge in [0.25, 0.3) is 0 Å². The molecule has 0 saturated carbocycles. The number of nitrogens with zero attached hydrogens (tertiary/aromatic N) is 1. The zero-order valence-corrected chi connectivity index (χ0v) is 12.9. The van der Waals surface area contributed by atoms with Crippen LogP contribution in [-0.2, 0) is 4.79 Å². The van der Waals surface area contributed by atoms with Crippen molar-refractivity contribution in [3.63, 3.8) is 0 Å². The van der Waals surface area contributed by atoms with Gasteiger partial charge in [-0.15, -0.1) is 11.3 Å². The number of urea groups is 1. The molecule has 1 aromatic rings. The van der Waals surface area contributed by atoms with E-state index in [1.54, 1.807) is 17.9 Å². The van der Waals surface area contributed by atoms with Crippen LogP contribution in [0.5, 0.6) is 0 Å². The van der Waals surface area contributed by atoms with Crippen LogP contribution in [0.15, 0.2) is 12.1 Å². The van der Waals surface area contributed by atoms with Gasteiger partial charge in [0.1, 0.15) is 0 Å². The van der Waals surface area contributed by atoms with Gasteiger partial charge in [0.2, 0.25) is 0 Å². The minimum absolute atomic E-state index is 0.0461. The van der Waals surface area contributed by atoms with Gasteiger partial charge in [-0.05, 0) is 19.1 Å². The van der Waals surface area contributed by atoms with Crippen molar-refractivity contribution in [3.05, 3.63) is 21.3 Å². The quantitative estimate of drug-likeness (QED) is 0.897. The Morgan fingerprint density at radius 2 is 2.10 bits per heavy atom. The summed E-state index contributed by atoms with van der Waals surface area (Å²) in [7, 11) is 0. The average Bonchev–Trinajstić information content (AvgIpc) is 2.73. The number of aliphatic carboxylic acids is 1. The molecular weight excluding hydrogens is 300 g/mol. The van der Waals surface area contributed by atoms with Crippen LogP contribution in [0.2, 0.25) is 4.34 Å². The van der Waals surface area contributed by atoms with Crippen LogP contribution in [0, 0.1) is 11.8 Å². The van der Waals surface area contributed by atoms with Crippen molar-refractivity contribution in [2.45, 2.75) is 19.9 Å². The van der Waals surface area contributed by atoms with Crippen molar-refractivity contribution in [1.29, 1.82) is 0 Å². The van der Waals surface area contributed by atoms with Crippen molar-refractivity contribution < 1.29 is 14.7 Å². The topological polar surface area (TPSA) is 69.6 Å². The minimum atomic E-state index is -0.809. The van der Waals surface area contributed by atoms with Crippen molar-refractivity contribution in [3.8, 4) is 0 Å². The first-order chi connectivity index (χ1) is 9.38. The molecule has 7 heteroatoms. The Morgan fingerprint density at radius 1 is 1.45 bits per heavy atom. The molecule has 1 aromatic heterocycles. The van der Waals surface area contributed by atoms with Crippen LogP contribution in [0.3, 0.4) is 0 Å². The highest BCUT2D eigenvalue weighted by Crippen LogP contribution is 2.28. The first-order valence-corrected chi connectivity index (χ1v) is 7.61. The van der Waals surface area contributed by atoms with Gasteiger partial charge >= 0.3 is 12.0 Å². The zero-order chi connectivity index (χ0) is 14.9. The van der Waals surface area contributed by atoms with E-state index in [9.17, 15) is 9.59 Å². The van der Waals surface area contributed by atoms with E-state index >= 15 is 0 Å². The standard InChI is InChI=1S/C13H17ClN2O3S/c1-7(12(17)18)9-5-16(6-9)13(19)15-8(2)10-3-4-11(14)20-10/h3-4,7-9H,5-6H2,1-2H3,(H,15,19)(H,17,18). The van der Waals surface area contributed by atoms with Gasteiger partial charge in [0.15, 0.2) is 0 Å². The van der Waals surface area contributed by atoms with E-state index in [4.69, 9.17) is 16.7 Å². The smallest absolute Gasteiger partial charge is 0.317 e. The van der Waals surface area contributed by atoms with Gasteiger partial charge in [-0.3, -0.25) is 4.79 Å². The van der Waals surface area contributed by atoms with E-state index in [1.807, 2.05) is 13.0 Å². The van der Waals surface area contributed by atoms with E-state index in [0.29, 0.717) is 17.4 Å². The highest BCUT2D eigenvalue weighted by molar-refractivity contribution is 7.16. The number of amides is 2. The number of hydrogen-bond donors (Lipinski definition) is 2. The molecule has 0 aliphatic carbocycles. The molecule has 1 saturated heterocycles. The van der Waals surface area contributed by atoms with Crippen molar-refractivity contribution >= 4 is 34.9 Å². The third kappa shape index (κ3) is 3.24. The summed E-state index contributed by atoms with van der Waals surface area (Å²) in [6, 6.07) is 3.44. The Balaban J connectivity index is 1.81. The second-order valence-corrected chi connectivity index (χ2v) is 6.85. The first kappa shape index (κ1) is 15.1. The summed E-state index contributed by atoms with van der Waals surface area (Å²) in [4.78, 5) is 25.5. The van der Waals surface area contributed by atoms with Gasteiger partial charge in [-0.1, -0.05) is 18.5 Å². The molecule has 1 fully saturated rings. The largest absolute Gasteiger partial charge is 0.481 e. The number of halogens is 1. The summed E-state index contributed by atoms with van der Waals surface area (Å²) in [5, 5.41) is 11.8. The van der Waals surface area contributed by atoms with Crippen LogP contribution >= 0.6 is 22.9 Å². The fourth-order valence-corrected chi connectivity index (χ4v) is 3.17. The van der Waals surface area contributed by atoms with Crippen LogP contribution in [0.1, 0.15) is 24.8 Å². The summed E-state index contributed by atoms with van der Waals surface area (Å²) in [5.41, 5.74) is 0. The molecule has 110 valence electrons. The lowest BCUT2D eigenvalue weighted by Crippen LogP contribution is -2.56. The summed E-state index contributed by atoms with van der Waals surface area (Å²) in [6.07, 6.45) is 0. The van der Waals surface area contributed by atoms with Gasteiger partial charge in [-0.25, -0.2) is 4.79 Å². The molecule has 2 heterocycles. The predicted octanol–water partition coefficient (Wildman–Crippen LogP) is 2.82. The van der Waals surface area contributed by atoms with Gasteiger partial charge in [0.05, 0.1) is 16.3 Å². The molecule has 2 unspecified atom stereocenters. The highest BCUT2D eigenvalue weighted by atomic mass is 35.5. The molecule has 0 bridgehead atoms. The van der Waals surface area contributed by atoms with E-state index in [0.717, 1.165) is 4.88 Å². The zero-order valence-electron chi connectivity index (χ0n) is 11.3. The monoisotopic (exact) mass is 316 g/mol. The van der Waals surface area contributed by atoms with Crippen LogP contribution in [0.4, 0.5) is 4.79 Å². The first-order valence-electron chi connectivity index (χ1n) is 6.42. The highest BCUT2D eigenvalue weighted by Gasteiger charge is 2.37. The number of rotatable bonds is 4. The number of carbonyl (C=O) groups is 2. The third-order valence-electron chi connectivity index (χ3n) is 3.65. The lowest BCUT2D eigenvalue weighted by molar-refractivity contribution is -0.144. The summed E-state index contributed by atoms with van der Waals surface area (Å²) in [5.74, 6) is -1.17. The molecule has 2 atom stereocenters. The average molecular weight is 317 g/mol. The van der Waals surface area contributed by atoms with Crippen LogP contribution in [-0.4, -0.2) is 35.1 Å². The predicted molar refractivity (Wildman–Crippen MR) is 78.1 cm³/mol. The van der Waals surface area contributed by atoms with Crippen molar-refractivity contribution in [2.75, 3.05) is 13.1 Å². The second-order valence-electron chi connectivity index (χ2n) is 5.11. The van der Waals surface area contributed by atoms with Crippen molar-refractivity contribution in [1.82, 2.24) is 10.2 Å². The number of carboxylic acid groups (broad SMARTS) is 1. The van der Waals surface area contributed by atoms with Gasteiger partial charge in [0, 0.05) is 23.9 Å². The van der Waals surface area contributed by atoms with Crippen LogP contribution < -0.4 is 5.32 Å². The summed E-state index contributed by atoms with van der Waals surface area (Å²) < 4.78 is 0.695. The van der Waals surface area contributed by atoms with Crippen molar-refractivity contribution in [2.24, 2.45) is 11.8 Å². The summed E-state index contributed by atoms with van der Waals surface area (Å²) >= 11 is 7.30. The molecule has 0 aromatic carbocycles. The molecule has 1 aliphatic heterocycles. The van der Waals surface area contributed by atoms with E-state index in [-0.39, 0.29) is 18.0 Å². The maximum absolute atomic E-state index is 12.0. The minimum Gasteiger partial charge on any atom is -0.481 e. The number of likely N-dealkylation sites (tertiary alicyclic amines) is 1. The molecule has 0 spiro atoms. The van der Waals surface area contributed by atoms with E-state index in [2.05, 4.69) is 5.32 Å². The molecule has 20 heavy (non-hydrogen) atoms. The lowest BCUT2D eigenvalue weighted by Gasteiger charge is -2.41. The Hall–Kier alpha value is -1.27.